The number of benzene rings is 1. The van der Waals surface area contributed by atoms with Crippen molar-refractivity contribution in [3.63, 3.8) is 0 Å². The molecule has 7 nitrogen and oxygen atoms in total. The number of likely N-dealkylation sites (tertiary alicyclic amines) is 1. The van der Waals surface area contributed by atoms with Crippen molar-refractivity contribution < 1.29 is 14.4 Å². The summed E-state index contributed by atoms with van der Waals surface area (Å²) >= 11 is 0. The molecule has 28 heavy (non-hydrogen) atoms. The largest absolute Gasteiger partial charge is 0.342 e. The zero-order valence-corrected chi connectivity index (χ0v) is 16.5. The van der Waals surface area contributed by atoms with E-state index >= 15 is 0 Å². The number of aryl methyl sites for hydroxylation is 1. The van der Waals surface area contributed by atoms with E-state index in [0.717, 1.165) is 0 Å². The lowest BCUT2D eigenvalue weighted by atomic mass is 9.95. The summed E-state index contributed by atoms with van der Waals surface area (Å²) in [5.41, 5.74) is 1.18. The molecule has 2 heterocycles. The number of aromatic nitrogens is 2. The maximum Gasteiger partial charge on any atom is 0.228 e. The highest BCUT2D eigenvalue weighted by Gasteiger charge is 2.28. The Labute approximate surface area is 164 Å². The molecule has 1 N–H and O–H groups in total. The van der Waals surface area contributed by atoms with Gasteiger partial charge in [-0.2, -0.15) is 0 Å². The molecule has 0 unspecified atom stereocenters. The second-order valence-corrected chi connectivity index (χ2v) is 7.51. The minimum Gasteiger partial charge on any atom is -0.342 e. The highest BCUT2D eigenvalue weighted by Crippen LogP contribution is 2.21. The first-order valence-electron chi connectivity index (χ1n) is 9.58. The molecule has 1 aliphatic rings. The zero-order valence-electron chi connectivity index (χ0n) is 16.5. The highest BCUT2D eigenvalue weighted by atomic mass is 16.2. The van der Waals surface area contributed by atoms with Gasteiger partial charge in [-0.15, -0.1) is 0 Å². The van der Waals surface area contributed by atoms with Gasteiger partial charge in [0.25, 0.3) is 0 Å². The van der Waals surface area contributed by atoms with Crippen LogP contribution in [-0.2, 0) is 16.6 Å². The van der Waals surface area contributed by atoms with Crippen LogP contribution in [0.5, 0.6) is 0 Å². The van der Waals surface area contributed by atoms with E-state index in [2.05, 4.69) is 10.3 Å². The number of nitrogens with one attached hydrogen (secondary N) is 1. The van der Waals surface area contributed by atoms with Crippen molar-refractivity contribution in [1.82, 2.24) is 14.5 Å². The fourth-order valence-corrected chi connectivity index (χ4v) is 3.39. The van der Waals surface area contributed by atoms with Crippen LogP contribution in [0, 0.1) is 11.8 Å². The molecule has 0 aliphatic carbocycles. The van der Waals surface area contributed by atoms with Gasteiger partial charge in [-0.05, 0) is 37.1 Å². The van der Waals surface area contributed by atoms with Gasteiger partial charge in [-0.3, -0.25) is 14.4 Å². The smallest absolute Gasteiger partial charge is 0.228 e. The molecule has 2 aromatic rings. The number of hydrogen-bond donors (Lipinski definition) is 1. The third-order valence-corrected chi connectivity index (χ3v) is 5.11. The minimum absolute atomic E-state index is 0.0163. The minimum atomic E-state index is -0.160. The van der Waals surface area contributed by atoms with Gasteiger partial charge in [-0.1, -0.05) is 13.8 Å². The summed E-state index contributed by atoms with van der Waals surface area (Å²) in [6.45, 7) is 5.02. The van der Waals surface area contributed by atoms with Gasteiger partial charge in [0.2, 0.25) is 17.6 Å². The van der Waals surface area contributed by atoms with Gasteiger partial charge < -0.3 is 14.8 Å². The van der Waals surface area contributed by atoms with Gasteiger partial charge >= 0.3 is 0 Å². The number of carbonyl (C=O) groups excluding carboxylic acids is 3. The molecule has 0 bridgehead atoms. The van der Waals surface area contributed by atoms with Crippen LogP contribution in [0.2, 0.25) is 0 Å². The quantitative estimate of drug-likeness (QED) is 0.805. The normalized spacial score (nSPS) is 14.9. The van der Waals surface area contributed by atoms with Gasteiger partial charge in [0.15, 0.2) is 5.82 Å². The number of anilines is 1. The molecular weight excluding hydrogens is 356 g/mol. The topological polar surface area (TPSA) is 84.3 Å². The summed E-state index contributed by atoms with van der Waals surface area (Å²) in [5, 5.41) is 2.92. The first-order chi connectivity index (χ1) is 13.4. The molecule has 1 aromatic carbocycles. The molecule has 148 valence electrons. The monoisotopic (exact) mass is 382 g/mol. The molecule has 3 rings (SSSR count). The molecule has 2 amide bonds. The van der Waals surface area contributed by atoms with Crippen molar-refractivity contribution >= 4 is 23.3 Å². The van der Waals surface area contributed by atoms with Crippen LogP contribution in [0.4, 0.5) is 5.69 Å². The molecular formula is C21H26N4O3. The van der Waals surface area contributed by atoms with Crippen LogP contribution < -0.4 is 5.32 Å². The predicted octanol–water partition coefficient (Wildman–Crippen LogP) is 2.48. The Morgan fingerprint density at radius 3 is 2.29 bits per heavy atom. The number of nitrogens with zero attached hydrogens (tertiary/aromatic N) is 3. The summed E-state index contributed by atoms with van der Waals surface area (Å²) in [5.74, 6) is 0.196. The van der Waals surface area contributed by atoms with E-state index in [1.165, 1.54) is 0 Å². The fourth-order valence-electron chi connectivity index (χ4n) is 3.39. The van der Waals surface area contributed by atoms with Gasteiger partial charge in [0.1, 0.15) is 0 Å². The molecule has 1 aromatic heterocycles. The Morgan fingerprint density at radius 1 is 1.11 bits per heavy atom. The lowest BCUT2D eigenvalue weighted by Crippen LogP contribution is -2.43. The fraction of sp³-hybridized carbons (Fsp3) is 0.429. The SMILES string of the molecule is CC(C)C(=O)N1CCC(C(=O)Nc2ccc(C(=O)c3nccn3C)cc2)CC1. The van der Waals surface area contributed by atoms with Crippen molar-refractivity contribution in [3.05, 3.63) is 48.0 Å². The highest BCUT2D eigenvalue weighted by molar-refractivity contribution is 6.07. The first-order valence-corrected chi connectivity index (χ1v) is 9.58. The molecule has 7 heteroatoms. The van der Waals surface area contributed by atoms with Crippen molar-refractivity contribution in [2.24, 2.45) is 18.9 Å². The summed E-state index contributed by atoms with van der Waals surface area (Å²) in [6.07, 6.45) is 4.64. The zero-order chi connectivity index (χ0) is 20.3. The Bertz CT molecular complexity index is 862. The average molecular weight is 382 g/mol. The number of rotatable bonds is 5. The van der Waals surface area contributed by atoms with Crippen LogP contribution in [0.3, 0.4) is 0 Å². The van der Waals surface area contributed by atoms with E-state index in [-0.39, 0.29) is 29.4 Å². The van der Waals surface area contributed by atoms with Crippen LogP contribution in [-0.4, -0.2) is 45.1 Å². The van der Waals surface area contributed by atoms with E-state index in [4.69, 9.17) is 0 Å². The van der Waals surface area contributed by atoms with Crippen LogP contribution in [0.1, 0.15) is 42.9 Å². The molecule has 0 spiro atoms. The van der Waals surface area contributed by atoms with Gasteiger partial charge in [0.05, 0.1) is 0 Å². The lowest BCUT2D eigenvalue weighted by Gasteiger charge is -2.32. The van der Waals surface area contributed by atoms with Crippen molar-refractivity contribution in [2.75, 3.05) is 18.4 Å². The van der Waals surface area contributed by atoms with E-state index in [9.17, 15) is 14.4 Å². The van der Waals surface area contributed by atoms with Gasteiger partial charge in [0, 0.05) is 55.6 Å². The van der Waals surface area contributed by atoms with E-state index in [0.29, 0.717) is 43.0 Å². The lowest BCUT2D eigenvalue weighted by molar-refractivity contribution is -0.137. The van der Waals surface area contributed by atoms with Crippen LogP contribution in [0.25, 0.3) is 0 Å². The molecule has 0 radical (unpaired) electrons. The number of imidazole rings is 1. The summed E-state index contributed by atoms with van der Waals surface area (Å²) in [6, 6.07) is 6.84. The molecule has 0 atom stereocenters. The van der Waals surface area contributed by atoms with Crippen molar-refractivity contribution in [1.29, 1.82) is 0 Å². The summed E-state index contributed by atoms with van der Waals surface area (Å²) in [7, 11) is 1.77. The summed E-state index contributed by atoms with van der Waals surface area (Å²) in [4.78, 5) is 42.9. The average Bonchev–Trinajstić information content (AvgIpc) is 3.13. The number of carbonyl (C=O) groups is 3. The van der Waals surface area contributed by atoms with Gasteiger partial charge in [-0.25, -0.2) is 4.98 Å². The number of ketones is 1. The summed E-state index contributed by atoms with van der Waals surface area (Å²) < 4.78 is 1.68. The Kier molecular flexibility index (Phi) is 5.92. The maximum atomic E-state index is 12.5. The molecule has 1 aliphatic heterocycles. The predicted molar refractivity (Wildman–Crippen MR) is 106 cm³/mol. The maximum absolute atomic E-state index is 12.5. The Balaban J connectivity index is 1.56. The second-order valence-electron chi connectivity index (χ2n) is 7.51. The number of piperidine rings is 1. The Hall–Kier alpha value is -2.96. The molecule has 1 fully saturated rings. The number of hydrogen-bond acceptors (Lipinski definition) is 4. The third kappa shape index (κ3) is 4.30. The van der Waals surface area contributed by atoms with E-state index in [1.807, 2.05) is 18.7 Å². The van der Waals surface area contributed by atoms with E-state index < -0.39 is 0 Å². The second kappa shape index (κ2) is 8.37. The first kappa shape index (κ1) is 19.8. The Morgan fingerprint density at radius 2 is 1.75 bits per heavy atom. The third-order valence-electron chi connectivity index (χ3n) is 5.11. The van der Waals surface area contributed by atoms with Crippen molar-refractivity contribution in [3.8, 4) is 0 Å². The van der Waals surface area contributed by atoms with Crippen molar-refractivity contribution in [2.45, 2.75) is 26.7 Å². The standard InChI is InChI=1S/C21H26N4O3/c1-14(2)21(28)25-11-8-16(9-12-25)20(27)23-17-6-4-15(5-7-17)18(26)19-22-10-13-24(19)3/h4-7,10,13-14,16H,8-9,11-12H2,1-3H3,(H,23,27). The van der Waals surface area contributed by atoms with Crippen LogP contribution in [0.15, 0.2) is 36.7 Å². The molecule has 1 saturated heterocycles. The number of amides is 2. The molecule has 0 saturated carbocycles. The van der Waals surface area contributed by atoms with Crippen LogP contribution >= 0.6 is 0 Å². The van der Waals surface area contributed by atoms with E-state index in [1.54, 1.807) is 48.3 Å².